The Kier molecular flexibility index (Phi) is 2.33. The average Bonchev–Trinajstić information content (AvgIpc) is 2.96. The van der Waals surface area contributed by atoms with Gasteiger partial charge in [0.1, 0.15) is 17.9 Å². The molecule has 3 heterocycles. The van der Waals surface area contributed by atoms with E-state index in [1.165, 1.54) is 5.56 Å². The third-order valence-corrected chi connectivity index (χ3v) is 5.16. The number of fused-ring (bicyclic) bond motifs is 2. The normalized spacial score (nSPS) is 25.3. The van der Waals surface area contributed by atoms with Crippen molar-refractivity contribution in [1.29, 1.82) is 0 Å². The summed E-state index contributed by atoms with van der Waals surface area (Å²) < 4.78 is 5.81. The summed E-state index contributed by atoms with van der Waals surface area (Å²) >= 11 is 0. The lowest BCUT2D eigenvalue weighted by atomic mass is 9.73. The third kappa shape index (κ3) is 1.49. The fraction of sp³-hybridized carbons (Fsp3) is 0.278. The summed E-state index contributed by atoms with van der Waals surface area (Å²) in [7, 11) is 1.68. The van der Waals surface area contributed by atoms with E-state index in [4.69, 9.17) is 9.72 Å². The van der Waals surface area contributed by atoms with E-state index in [9.17, 15) is 4.79 Å². The van der Waals surface area contributed by atoms with Crippen molar-refractivity contribution in [3.8, 4) is 5.88 Å². The number of aliphatic imine (C=N–C) groups is 1. The summed E-state index contributed by atoms with van der Waals surface area (Å²) in [6.45, 7) is 0.464. The van der Waals surface area contributed by atoms with Gasteiger partial charge in [-0.05, 0) is 35.6 Å². The van der Waals surface area contributed by atoms with Crippen molar-refractivity contribution in [2.24, 2.45) is 4.99 Å². The Balaban J connectivity index is 1.92. The van der Waals surface area contributed by atoms with Crippen LogP contribution in [0.2, 0.25) is 0 Å². The minimum Gasteiger partial charge on any atom is -0.473 e. The van der Waals surface area contributed by atoms with Crippen LogP contribution in [-0.4, -0.2) is 23.8 Å². The molecule has 2 aliphatic heterocycles. The number of aryl methyl sites for hydroxylation is 1. The summed E-state index contributed by atoms with van der Waals surface area (Å²) in [5.74, 6) is 1.11. The van der Waals surface area contributed by atoms with Gasteiger partial charge in [-0.15, -0.1) is 0 Å². The summed E-state index contributed by atoms with van der Waals surface area (Å²) in [6, 6.07) is 10.1. The first-order valence-electron chi connectivity index (χ1n) is 7.77. The highest BCUT2D eigenvalue weighted by Gasteiger charge is 2.52. The maximum Gasteiger partial charge on any atom is 0.242 e. The SMILES string of the molecule is CN=C1NC(=O)[C@]23CCc4ccc(cc42)COc2ccc1c3n2. The molecule has 1 aromatic heterocycles. The van der Waals surface area contributed by atoms with Crippen molar-refractivity contribution in [2.45, 2.75) is 24.9 Å². The number of carbonyl (C=O) groups is 1. The smallest absolute Gasteiger partial charge is 0.242 e. The number of rotatable bonds is 0. The molecule has 4 bridgehead atoms. The van der Waals surface area contributed by atoms with Crippen molar-refractivity contribution >= 4 is 11.7 Å². The van der Waals surface area contributed by atoms with E-state index in [0.29, 0.717) is 18.3 Å². The number of amidine groups is 1. The fourth-order valence-corrected chi connectivity index (χ4v) is 4.03. The van der Waals surface area contributed by atoms with Gasteiger partial charge in [0.05, 0.1) is 5.69 Å². The van der Waals surface area contributed by atoms with E-state index in [1.54, 1.807) is 7.05 Å². The third-order valence-electron chi connectivity index (χ3n) is 5.16. The molecule has 1 N–H and O–H groups in total. The standard InChI is InChI=1S/C18H15N3O2/c1-19-16-12-4-5-14-20-15(12)18(17(22)21-16)7-6-11-3-2-10(9-23-14)8-13(11)18/h2-5,8H,6-7,9H2,1H3,(H,19,21,22)/t18-/m1/s1. The molecule has 0 unspecified atom stereocenters. The Labute approximate surface area is 133 Å². The van der Waals surface area contributed by atoms with Crippen LogP contribution in [0.5, 0.6) is 5.88 Å². The van der Waals surface area contributed by atoms with E-state index >= 15 is 0 Å². The maximum atomic E-state index is 13.1. The van der Waals surface area contributed by atoms with Gasteiger partial charge in [-0.2, -0.15) is 0 Å². The second-order valence-electron chi connectivity index (χ2n) is 6.26. The topological polar surface area (TPSA) is 63.6 Å². The van der Waals surface area contributed by atoms with Crippen molar-refractivity contribution < 1.29 is 9.53 Å². The monoisotopic (exact) mass is 305 g/mol. The number of ether oxygens (including phenoxy) is 1. The zero-order chi connectivity index (χ0) is 15.6. The molecule has 0 saturated carbocycles. The predicted molar refractivity (Wildman–Crippen MR) is 84.7 cm³/mol. The Bertz CT molecular complexity index is 903. The van der Waals surface area contributed by atoms with Gasteiger partial charge in [0.25, 0.3) is 0 Å². The van der Waals surface area contributed by atoms with Crippen LogP contribution in [0.1, 0.15) is 34.4 Å². The van der Waals surface area contributed by atoms with E-state index in [2.05, 4.69) is 28.5 Å². The molecule has 3 aliphatic rings. The van der Waals surface area contributed by atoms with Gasteiger partial charge < -0.3 is 10.1 Å². The Morgan fingerprint density at radius 3 is 3.09 bits per heavy atom. The summed E-state index contributed by atoms with van der Waals surface area (Å²) in [6.07, 6.45) is 1.62. The highest BCUT2D eigenvalue weighted by molar-refractivity contribution is 6.16. The first-order chi connectivity index (χ1) is 11.2. The molecule has 0 radical (unpaired) electrons. The number of carbonyl (C=O) groups excluding carboxylic acids is 1. The number of amides is 1. The van der Waals surface area contributed by atoms with Crippen LogP contribution in [0.4, 0.5) is 0 Å². The summed E-state index contributed by atoms with van der Waals surface area (Å²) in [5.41, 5.74) is 4.30. The van der Waals surface area contributed by atoms with Gasteiger partial charge >= 0.3 is 0 Å². The van der Waals surface area contributed by atoms with Gasteiger partial charge in [-0.1, -0.05) is 18.2 Å². The van der Waals surface area contributed by atoms with E-state index < -0.39 is 5.41 Å². The maximum absolute atomic E-state index is 13.1. The van der Waals surface area contributed by atoms with Crippen LogP contribution in [0, 0.1) is 0 Å². The molecule has 23 heavy (non-hydrogen) atoms. The first-order valence-corrected chi connectivity index (χ1v) is 7.77. The molecule has 0 saturated heterocycles. The zero-order valence-electron chi connectivity index (χ0n) is 12.7. The molecule has 5 rings (SSSR count). The molecular weight excluding hydrogens is 290 g/mol. The lowest BCUT2D eigenvalue weighted by Crippen LogP contribution is -2.52. The van der Waals surface area contributed by atoms with E-state index in [0.717, 1.165) is 35.2 Å². The molecule has 1 amide bonds. The van der Waals surface area contributed by atoms with Crippen LogP contribution in [-0.2, 0) is 23.2 Å². The van der Waals surface area contributed by atoms with E-state index in [1.807, 2.05) is 12.1 Å². The number of benzene rings is 1. The minimum absolute atomic E-state index is 0.0342. The largest absolute Gasteiger partial charge is 0.473 e. The van der Waals surface area contributed by atoms with Crippen molar-refractivity contribution in [3.63, 3.8) is 0 Å². The molecular formula is C18H15N3O2. The summed E-state index contributed by atoms with van der Waals surface area (Å²) in [5, 5.41) is 2.99. The first kappa shape index (κ1) is 12.8. The molecule has 5 heteroatoms. The number of nitrogens with one attached hydrogen (secondary N) is 1. The van der Waals surface area contributed by atoms with Gasteiger partial charge in [0.15, 0.2) is 0 Å². The van der Waals surface area contributed by atoms with Crippen LogP contribution >= 0.6 is 0 Å². The molecule has 1 aromatic carbocycles. The number of hydrogen-bond donors (Lipinski definition) is 1. The second-order valence-corrected chi connectivity index (χ2v) is 6.26. The zero-order valence-corrected chi connectivity index (χ0v) is 12.7. The number of pyridine rings is 1. The van der Waals surface area contributed by atoms with Crippen LogP contribution in [0.25, 0.3) is 0 Å². The summed E-state index contributed by atoms with van der Waals surface area (Å²) in [4.78, 5) is 22.0. The highest BCUT2D eigenvalue weighted by atomic mass is 16.5. The van der Waals surface area contributed by atoms with Crippen LogP contribution in [0.15, 0.2) is 35.3 Å². The number of aromatic nitrogens is 1. The lowest BCUT2D eigenvalue weighted by molar-refractivity contribution is -0.124. The Morgan fingerprint density at radius 1 is 1.30 bits per heavy atom. The molecule has 114 valence electrons. The predicted octanol–water partition coefficient (Wildman–Crippen LogP) is 1.71. The number of hydrogen-bond acceptors (Lipinski definition) is 4. The molecule has 1 aliphatic carbocycles. The van der Waals surface area contributed by atoms with Crippen molar-refractivity contribution in [1.82, 2.24) is 10.3 Å². The van der Waals surface area contributed by atoms with Gasteiger partial charge in [-0.25, -0.2) is 4.98 Å². The second kappa shape index (κ2) is 4.19. The van der Waals surface area contributed by atoms with Crippen molar-refractivity contribution in [2.75, 3.05) is 7.05 Å². The van der Waals surface area contributed by atoms with Crippen LogP contribution < -0.4 is 10.1 Å². The molecule has 1 atom stereocenters. The lowest BCUT2D eigenvalue weighted by Gasteiger charge is -2.34. The number of nitrogens with zero attached hydrogens (tertiary/aromatic N) is 2. The highest BCUT2D eigenvalue weighted by Crippen LogP contribution is 2.47. The molecule has 1 spiro atoms. The van der Waals surface area contributed by atoms with Crippen LogP contribution in [0.3, 0.4) is 0 Å². The Hall–Kier alpha value is -2.69. The van der Waals surface area contributed by atoms with Gasteiger partial charge in [-0.3, -0.25) is 9.79 Å². The Morgan fingerprint density at radius 2 is 2.22 bits per heavy atom. The van der Waals surface area contributed by atoms with Gasteiger partial charge in [0.2, 0.25) is 11.8 Å². The molecule has 5 nitrogen and oxygen atoms in total. The average molecular weight is 305 g/mol. The molecule has 2 aromatic rings. The van der Waals surface area contributed by atoms with Crippen molar-refractivity contribution in [3.05, 3.63) is 58.3 Å². The van der Waals surface area contributed by atoms with Gasteiger partial charge in [0, 0.05) is 18.7 Å². The molecule has 0 fully saturated rings. The minimum atomic E-state index is -0.724. The van der Waals surface area contributed by atoms with E-state index in [-0.39, 0.29) is 5.91 Å². The fourth-order valence-electron chi connectivity index (χ4n) is 4.03. The quantitative estimate of drug-likeness (QED) is 0.806.